The summed E-state index contributed by atoms with van der Waals surface area (Å²) in [6, 6.07) is 12.5. The monoisotopic (exact) mass is 345 g/mol. The number of amides is 1. The molecule has 5 nitrogen and oxygen atoms in total. The molecule has 0 aliphatic carbocycles. The Bertz CT molecular complexity index is 745. The second-order valence-corrected chi connectivity index (χ2v) is 5.62. The van der Waals surface area contributed by atoms with Gasteiger partial charge in [-0.3, -0.25) is 9.59 Å². The van der Waals surface area contributed by atoms with Gasteiger partial charge >= 0.3 is 5.97 Å². The largest absolute Gasteiger partial charge is 0.481 e. The normalized spacial score (nSPS) is 12.9. The van der Waals surface area contributed by atoms with E-state index in [1.54, 1.807) is 50.2 Å². The predicted molar refractivity (Wildman–Crippen MR) is 92.2 cm³/mol. The van der Waals surface area contributed by atoms with Gasteiger partial charge in [0, 0.05) is 5.69 Å². The molecule has 2 atom stereocenters. The number of anilines is 1. The molecule has 0 bridgehead atoms. The van der Waals surface area contributed by atoms with Crippen molar-refractivity contribution in [2.45, 2.75) is 32.3 Å². The van der Waals surface area contributed by atoms with Crippen molar-refractivity contribution in [3.8, 4) is 5.75 Å². The number of benzene rings is 2. The maximum absolute atomic E-state index is 13.7. The molecule has 25 heavy (non-hydrogen) atoms. The average molecular weight is 345 g/mol. The van der Waals surface area contributed by atoms with E-state index in [0.29, 0.717) is 17.7 Å². The number of carboxylic acid groups (broad SMARTS) is 1. The van der Waals surface area contributed by atoms with Crippen LogP contribution in [0, 0.1) is 5.82 Å². The molecule has 0 saturated heterocycles. The molecule has 0 aliphatic rings. The van der Waals surface area contributed by atoms with Gasteiger partial charge in [-0.1, -0.05) is 31.2 Å². The van der Waals surface area contributed by atoms with Crippen molar-refractivity contribution < 1.29 is 23.8 Å². The lowest BCUT2D eigenvalue weighted by molar-refractivity contribution is -0.138. The first-order valence-corrected chi connectivity index (χ1v) is 7.97. The maximum Gasteiger partial charge on any atom is 0.310 e. The molecular formula is C19H20FNO4. The van der Waals surface area contributed by atoms with Crippen molar-refractivity contribution in [2.24, 2.45) is 0 Å². The molecule has 132 valence electrons. The zero-order chi connectivity index (χ0) is 18.4. The van der Waals surface area contributed by atoms with Crippen LogP contribution in [-0.2, 0) is 9.59 Å². The minimum atomic E-state index is -0.916. The lowest BCUT2D eigenvalue weighted by Gasteiger charge is -2.18. The molecule has 0 spiro atoms. The molecule has 1 amide bonds. The van der Waals surface area contributed by atoms with Gasteiger partial charge in [0.25, 0.3) is 5.91 Å². The van der Waals surface area contributed by atoms with Crippen LogP contribution in [0.3, 0.4) is 0 Å². The van der Waals surface area contributed by atoms with Crippen molar-refractivity contribution in [3.63, 3.8) is 0 Å². The molecule has 0 aromatic heterocycles. The third-order valence-electron chi connectivity index (χ3n) is 3.82. The molecular weight excluding hydrogens is 325 g/mol. The molecule has 0 heterocycles. The quantitative estimate of drug-likeness (QED) is 0.800. The van der Waals surface area contributed by atoms with Crippen molar-refractivity contribution in [1.82, 2.24) is 0 Å². The zero-order valence-electron chi connectivity index (χ0n) is 14.0. The lowest BCUT2D eigenvalue weighted by atomic mass is 10.0. The number of ether oxygens (including phenoxy) is 1. The van der Waals surface area contributed by atoms with Gasteiger partial charge in [0.2, 0.25) is 0 Å². The molecule has 0 aliphatic heterocycles. The van der Waals surface area contributed by atoms with Crippen LogP contribution in [0.15, 0.2) is 48.5 Å². The van der Waals surface area contributed by atoms with Crippen molar-refractivity contribution >= 4 is 17.6 Å². The Morgan fingerprint density at radius 3 is 2.36 bits per heavy atom. The SMILES string of the molecule is CCC(Oc1ccccc1F)C(=O)Nc1ccc(C(C)C(=O)O)cc1. The van der Waals surface area contributed by atoms with Gasteiger partial charge in [0.15, 0.2) is 17.7 Å². The van der Waals surface area contributed by atoms with Crippen LogP contribution in [0.2, 0.25) is 0 Å². The van der Waals surface area contributed by atoms with E-state index in [1.807, 2.05) is 0 Å². The highest BCUT2D eigenvalue weighted by molar-refractivity contribution is 5.94. The predicted octanol–water partition coefficient (Wildman–Crippen LogP) is 3.81. The summed E-state index contributed by atoms with van der Waals surface area (Å²) in [5, 5.41) is 11.7. The summed E-state index contributed by atoms with van der Waals surface area (Å²) in [6.45, 7) is 3.36. The Morgan fingerprint density at radius 1 is 1.16 bits per heavy atom. The summed E-state index contributed by atoms with van der Waals surface area (Å²) in [6.07, 6.45) is -0.469. The molecule has 0 saturated carbocycles. The van der Waals surface area contributed by atoms with Gasteiger partial charge in [-0.15, -0.1) is 0 Å². The standard InChI is InChI=1S/C19H20FNO4/c1-3-16(25-17-7-5-4-6-15(17)20)18(22)21-14-10-8-13(9-11-14)12(2)19(23)24/h4-12,16H,3H2,1-2H3,(H,21,22)(H,23,24). The molecule has 2 N–H and O–H groups in total. The van der Waals surface area contributed by atoms with Gasteiger partial charge in [-0.05, 0) is 43.2 Å². The van der Waals surface area contributed by atoms with Crippen molar-refractivity contribution in [2.75, 3.05) is 5.32 Å². The van der Waals surface area contributed by atoms with Crippen LogP contribution >= 0.6 is 0 Å². The van der Waals surface area contributed by atoms with E-state index < -0.39 is 29.7 Å². The molecule has 2 aromatic carbocycles. The van der Waals surface area contributed by atoms with E-state index in [0.717, 1.165) is 0 Å². The van der Waals surface area contributed by atoms with Gasteiger partial charge < -0.3 is 15.2 Å². The minimum absolute atomic E-state index is 0.0233. The highest BCUT2D eigenvalue weighted by Crippen LogP contribution is 2.20. The van der Waals surface area contributed by atoms with Crippen molar-refractivity contribution in [3.05, 3.63) is 59.9 Å². The molecule has 2 unspecified atom stereocenters. The number of carbonyl (C=O) groups is 2. The third-order valence-corrected chi connectivity index (χ3v) is 3.82. The fourth-order valence-electron chi connectivity index (χ4n) is 2.24. The summed E-state index contributed by atoms with van der Waals surface area (Å²) >= 11 is 0. The van der Waals surface area contributed by atoms with Gasteiger partial charge in [-0.2, -0.15) is 0 Å². The lowest BCUT2D eigenvalue weighted by Crippen LogP contribution is -2.32. The number of hydrogen-bond acceptors (Lipinski definition) is 3. The second kappa shape index (κ2) is 8.28. The zero-order valence-corrected chi connectivity index (χ0v) is 14.0. The Balaban J connectivity index is 2.04. The number of halogens is 1. The number of nitrogens with one attached hydrogen (secondary N) is 1. The smallest absolute Gasteiger partial charge is 0.310 e. The van der Waals surface area contributed by atoms with Crippen LogP contribution in [-0.4, -0.2) is 23.1 Å². The van der Waals surface area contributed by atoms with Crippen LogP contribution in [0.4, 0.5) is 10.1 Å². The Labute approximate surface area is 145 Å². The number of para-hydroxylation sites is 1. The summed E-state index contributed by atoms with van der Waals surface area (Å²) in [5.74, 6) is -2.45. The number of aliphatic carboxylic acids is 1. The topological polar surface area (TPSA) is 75.6 Å². The average Bonchev–Trinajstić information content (AvgIpc) is 2.60. The first kappa shape index (κ1) is 18.4. The first-order valence-electron chi connectivity index (χ1n) is 7.97. The van der Waals surface area contributed by atoms with Gasteiger partial charge in [0.05, 0.1) is 5.92 Å². The number of hydrogen-bond donors (Lipinski definition) is 2. The Hall–Kier alpha value is -2.89. The number of carbonyl (C=O) groups excluding carboxylic acids is 1. The van der Waals surface area contributed by atoms with E-state index in [2.05, 4.69) is 5.32 Å². The van der Waals surface area contributed by atoms with Crippen LogP contribution < -0.4 is 10.1 Å². The van der Waals surface area contributed by atoms with Gasteiger partial charge in [-0.25, -0.2) is 4.39 Å². The molecule has 0 fully saturated rings. The third kappa shape index (κ3) is 4.79. The van der Waals surface area contributed by atoms with Gasteiger partial charge in [0.1, 0.15) is 0 Å². The fourth-order valence-corrected chi connectivity index (χ4v) is 2.24. The summed E-state index contributed by atoms with van der Waals surface area (Å²) in [7, 11) is 0. The first-order chi connectivity index (χ1) is 11.9. The van der Waals surface area contributed by atoms with E-state index in [9.17, 15) is 14.0 Å². The molecule has 2 aromatic rings. The highest BCUT2D eigenvalue weighted by Gasteiger charge is 2.20. The van der Waals surface area contributed by atoms with Crippen LogP contribution in [0.25, 0.3) is 0 Å². The van der Waals surface area contributed by atoms with E-state index in [4.69, 9.17) is 9.84 Å². The van der Waals surface area contributed by atoms with E-state index in [1.165, 1.54) is 12.1 Å². The van der Waals surface area contributed by atoms with Crippen LogP contribution in [0.5, 0.6) is 5.75 Å². The number of rotatable bonds is 7. The van der Waals surface area contributed by atoms with E-state index >= 15 is 0 Å². The number of carboxylic acids is 1. The Morgan fingerprint density at radius 2 is 1.80 bits per heavy atom. The van der Waals surface area contributed by atoms with Crippen molar-refractivity contribution in [1.29, 1.82) is 0 Å². The van der Waals surface area contributed by atoms with Crippen LogP contribution in [0.1, 0.15) is 31.7 Å². The fraction of sp³-hybridized carbons (Fsp3) is 0.263. The summed E-state index contributed by atoms with van der Waals surface area (Å²) in [5.41, 5.74) is 1.15. The highest BCUT2D eigenvalue weighted by atomic mass is 19.1. The Kier molecular flexibility index (Phi) is 6.11. The molecule has 6 heteroatoms. The summed E-state index contributed by atoms with van der Waals surface area (Å²) in [4.78, 5) is 23.3. The maximum atomic E-state index is 13.7. The molecule has 0 radical (unpaired) electrons. The van der Waals surface area contributed by atoms with E-state index in [-0.39, 0.29) is 5.75 Å². The summed E-state index contributed by atoms with van der Waals surface area (Å²) < 4.78 is 19.1. The minimum Gasteiger partial charge on any atom is -0.481 e. The molecule has 2 rings (SSSR count). The second-order valence-electron chi connectivity index (χ2n) is 5.62.